The summed E-state index contributed by atoms with van der Waals surface area (Å²) in [5.41, 5.74) is 8.05. The third-order valence-electron chi connectivity index (χ3n) is 5.28. The molecule has 1 saturated carbocycles. The molecule has 0 saturated heterocycles. The second kappa shape index (κ2) is 6.38. The Morgan fingerprint density at radius 3 is 2.86 bits per heavy atom. The molecular formula is C17H22Cl2N2O. The van der Waals surface area contributed by atoms with Gasteiger partial charge in [0, 0.05) is 22.5 Å². The van der Waals surface area contributed by atoms with E-state index in [0.29, 0.717) is 22.5 Å². The van der Waals surface area contributed by atoms with Crippen LogP contribution in [-0.2, 0) is 11.2 Å². The first kappa shape index (κ1) is 16.1. The fourth-order valence-corrected chi connectivity index (χ4v) is 4.62. The fourth-order valence-electron chi connectivity index (χ4n) is 4.01. The molecule has 1 aromatic carbocycles. The van der Waals surface area contributed by atoms with E-state index in [1.54, 1.807) is 6.07 Å². The van der Waals surface area contributed by atoms with Crippen LogP contribution >= 0.6 is 23.2 Å². The summed E-state index contributed by atoms with van der Waals surface area (Å²) in [6, 6.07) is 3.75. The van der Waals surface area contributed by atoms with E-state index in [4.69, 9.17) is 28.9 Å². The van der Waals surface area contributed by atoms with E-state index in [-0.39, 0.29) is 17.9 Å². The van der Waals surface area contributed by atoms with Crippen LogP contribution in [-0.4, -0.2) is 23.9 Å². The van der Waals surface area contributed by atoms with E-state index in [0.717, 1.165) is 43.4 Å². The first-order valence-electron chi connectivity index (χ1n) is 8.01. The maximum atomic E-state index is 13.0. The summed E-state index contributed by atoms with van der Waals surface area (Å²) >= 11 is 12.5. The molecule has 3 nitrogen and oxygen atoms in total. The fraction of sp³-hybridized carbons (Fsp3) is 0.588. The molecule has 1 aliphatic heterocycles. The van der Waals surface area contributed by atoms with Gasteiger partial charge in [0.15, 0.2) is 0 Å². The predicted molar refractivity (Wildman–Crippen MR) is 90.2 cm³/mol. The smallest absolute Gasteiger partial charge is 0.226 e. The molecule has 2 aliphatic rings. The summed E-state index contributed by atoms with van der Waals surface area (Å²) in [6.07, 6.45) is 3.94. The largest absolute Gasteiger partial charge is 0.335 e. The van der Waals surface area contributed by atoms with Gasteiger partial charge in [-0.2, -0.15) is 0 Å². The molecular weight excluding hydrogens is 319 g/mol. The summed E-state index contributed by atoms with van der Waals surface area (Å²) < 4.78 is 0. The van der Waals surface area contributed by atoms with Gasteiger partial charge >= 0.3 is 0 Å². The van der Waals surface area contributed by atoms with Crippen LogP contribution in [0.15, 0.2) is 12.1 Å². The van der Waals surface area contributed by atoms with E-state index in [2.05, 4.69) is 6.92 Å². The number of halogens is 2. The van der Waals surface area contributed by atoms with Crippen molar-refractivity contribution < 1.29 is 4.79 Å². The third kappa shape index (κ3) is 2.75. The molecule has 5 heteroatoms. The maximum absolute atomic E-state index is 13.0. The van der Waals surface area contributed by atoms with Crippen molar-refractivity contribution in [3.63, 3.8) is 0 Å². The zero-order valence-corrected chi connectivity index (χ0v) is 14.3. The SMILES string of the molecule is CC1c2cc(Cl)cc(Cl)c2CCN1C(=O)[C@@H]1CCC[C@@H]1CN. The molecule has 120 valence electrons. The number of fused-ring (bicyclic) bond motifs is 1. The van der Waals surface area contributed by atoms with Gasteiger partial charge in [0.05, 0.1) is 6.04 Å². The van der Waals surface area contributed by atoms with Gasteiger partial charge in [-0.05, 0) is 61.9 Å². The van der Waals surface area contributed by atoms with Crippen LogP contribution in [0.2, 0.25) is 10.0 Å². The molecule has 0 radical (unpaired) electrons. The molecule has 0 aromatic heterocycles. The van der Waals surface area contributed by atoms with Crippen molar-refractivity contribution in [3.05, 3.63) is 33.3 Å². The third-order valence-corrected chi connectivity index (χ3v) is 5.83. The zero-order valence-electron chi connectivity index (χ0n) is 12.8. The van der Waals surface area contributed by atoms with Crippen molar-refractivity contribution in [3.8, 4) is 0 Å². The standard InChI is InChI=1S/C17H22Cl2N2O/c1-10-15-7-12(18)8-16(19)14(15)5-6-21(10)17(22)13-4-2-3-11(13)9-20/h7-8,10-11,13H,2-6,9,20H2,1H3/t10?,11-,13-/m1/s1. The Hall–Kier alpha value is -0.770. The Morgan fingerprint density at radius 1 is 1.36 bits per heavy atom. The summed E-state index contributed by atoms with van der Waals surface area (Å²) in [5, 5.41) is 1.34. The number of nitrogens with zero attached hydrogens (tertiary/aromatic N) is 1. The van der Waals surface area contributed by atoms with Crippen molar-refractivity contribution in [2.45, 2.75) is 38.6 Å². The Bertz CT molecular complexity index is 590. The van der Waals surface area contributed by atoms with Crippen molar-refractivity contribution in [1.29, 1.82) is 0 Å². The molecule has 0 spiro atoms. The second-order valence-corrected chi connectivity index (χ2v) is 7.29. The van der Waals surface area contributed by atoms with Crippen molar-refractivity contribution in [1.82, 2.24) is 4.90 Å². The molecule has 3 rings (SSSR count). The van der Waals surface area contributed by atoms with Gasteiger partial charge in [0.25, 0.3) is 0 Å². The Morgan fingerprint density at radius 2 is 2.14 bits per heavy atom. The van der Waals surface area contributed by atoms with Gasteiger partial charge in [-0.25, -0.2) is 0 Å². The minimum absolute atomic E-state index is 0.0199. The Labute approximate surface area is 141 Å². The van der Waals surface area contributed by atoms with Crippen LogP contribution in [0.5, 0.6) is 0 Å². The maximum Gasteiger partial charge on any atom is 0.226 e. The predicted octanol–water partition coefficient (Wildman–Crippen LogP) is 3.81. The molecule has 2 N–H and O–H groups in total. The highest BCUT2D eigenvalue weighted by atomic mass is 35.5. The summed E-state index contributed by atoms with van der Waals surface area (Å²) in [6.45, 7) is 3.39. The van der Waals surface area contributed by atoms with Gasteiger partial charge in [0.1, 0.15) is 0 Å². The molecule has 1 fully saturated rings. The lowest BCUT2D eigenvalue weighted by atomic mass is 9.89. The van der Waals surface area contributed by atoms with Crippen LogP contribution in [0.1, 0.15) is 43.4 Å². The zero-order chi connectivity index (χ0) is 15.9. The number of hydrogen-bond donors (Lipinski definition) is 1. The van der Waals surface area contributed by atoms with E-state index < -0.39 is 0 Å². The van der Waals surface area contributed by atoms with Gasteiger partial charge in [0.2, 0.25) is 5.91 Å². The van der Waals surface area contributed by atoms with Crippen LogP contribution in [0.4, 0.5) is 0 Å². The lowest BCUT2D eigenvalue weighted by Gasteiger charge is -2.38. The number of hydrogen-bond acceptors (Lipinski definition) is 2. The van der Waals surface area contributed by atoms with Crippen molar-refractivity contribution in [2.75, 3.05) is 13.1 Å². The molecule has 1 aliphatic carbocycles. The molecule has 0 bridgehead atoms. The molecule has 1 amide bonds. The average Bonchev–Trinajstić information content (AvgIpc) is 2.96. The molecule has 1 heterocycles. The topological polar surface area (TPSA) is 46.3 Å². The van der Waals surface area contributed by atoms with E-state index in [9.17, 15) is 4.79 Å². The van der Waals surface area contributed by atoms with Crippen molar-refractivity contribution in [2.24, 2.45) is 17.6 Å². The van der Waals surface area contributed by atoms with Crippen LogP contribution < -0.4 is 5.73 Å². The van der Waals surface area contributed by atoms with Gasteiger partial charge in [-0.15, -0.1) is 0 Å². The van der Waals surface area contributed by atoms with Gasteiger partial charge in [-0.1, -0.05) is 29.6 Å². The highest BCUT2D eigenvalue weighted by Gasteiger charge is 2.38. The number of amides is 1. The normalized spacial score (nSPS) is 27.8. The van der Waals surface area contributed by atoms with Crippen LogP contribution in [0.3, 0.4) is 0 Å². The molecule has 22 heavy (non-hydrogen) atoms. The lowest BCUT2D eigenvalue weighted by Crippen LogP contribution is -2.44. The van der Waals surface area contributed by atoms with Crippen LogP contribution in [0, 0.1) is 11.8 Å². The minimum atomic E-state index is 0.0199. The highest BCUT2D eigenvalue weighted by Crippen LogP contribution is 2.39. The summed E-state index contributed by atoms with van der Waals surface area (Å²) in [5.74, 6) is 0.676. The molecule has 1 aromatic rings. The number of nitrogens with two attached hydrogens (primary N) is 1. The van der Waals surface area contributed by atoms with Crippen molar-refractivity contribution >= 4 is 29.1 Å². The first-order chi connectivity index (χ1) is 10.5. The summed E-state index contributed by atoms with van der Waals surface area (Å²) in [4.78, 5) is 15.0. The van der Waals surface area contributed by atoms with Gasteiger partial charge in [-0.3, -0.25) is 4.79 Å². The Balaban J connectivity index is 1.86. The monoisotopic (exact) mass is 340 g/mol. The van der Waals surface area contributed by atoms with Crippen LogP contribution in [0.25, 0.3) is 0 Å². The number of carbonyl (C=O) groups is 1. The van der Waals surface area contributed by atoms with Gasteiger partial charge < -0.3 is 10.6 Å². The number of benzene rings is 1. The number of carbonyl (C=O) groups excluding carboxylic acids is 1. The Kier molecular flexibility index (Phi) is 4.67. The summed E-state index contributed by atoms with van der Waals surface area (Å²) in [7, 11) is 0. The quantitative estimate of drug-likeness (QED) is 0.889. The lowest BCUT2D eigenvalue weighted by molar-refractivity contribution is -0.139. The first-order valence-corrected chi connectivity index (χ1v) is 8.77. The second-order valence-electron chi connectivity index (χ2n) is 6.45. The molecule has 3 atom stereocenters. The number of rotatable bonds is 2. The van der Waals surface area contributed by atoms with E-state index in [1.165, 1.54) is 0 Å². The highest BCUT2D eigenvalue weighted by molar-refractivity contribution is 6.35. The van der Waals surface area contributed by atoms with E-state index >= 15 is 0 Å². The minimum Gasteiger partial charge on any atom is -0.335 e. The molecule has 1 unspecified atom stereocenters. The average molecular weight is 341 g/mol. The van der Waals surface area contributed by atoms with E-state index in [1.807, 2.05) is 11.0 Å².